The van der Waals surface area contributed by atoms with Gasteiger partial charge in [-0.2, -0.15) is 0 Å². The maximum atomic E-state index is 12.8. The summed E-state index contributed by atoms with van der Waals surface area (Å²) in [5.74, 6) is 0. The molecular formula is C11H5F3NOSe. The van der Waals surface area contributed by atoms with Gasteiger partial charge < -0.3 is 0 Å². The first-order valence-corrected chi connectivity index (χ1v) is 5.43. The molecule has 6 heteroatoms. The number of carbonyl (C=O) groups excluding carboxylic acids is 1. The summed E-state index contributed by atoms with van der Waals surface area (Å²) < 4.78 is 37.8. The molecule has 0 fully saturated rings. The van der Waals surface area contributed by atoms with Gasteiger partial charge in [0.1, 0.15) is 0 Å². The standard InChI is InChI=1S/C11H5F3NOSe/c12-11(13,14)7-5-9(10(16)17)15-8-4-2-1-3-6(7)8/h1-5H. The number of carbonyl (C=O) groups is 1. The van der Waals surface area contributed by atoms with Crippen molar-refractivity contribution < 1.29 is 18.0 Å². The van der Waals surface area contributed by atoms with Gasteiger partial charge in [0, 0.05) is 0 Å². The number of halogens is 3. The Hall–Kier alpha value is -1.39. The second-order valence-electron chi connectivity index (χ2n) is 3.36. The van der Waals surface area contributed by atoms with Gasteiger partial charge in [-0.15, -0.1) is 0 Å². The average Bonchev–Trinajstić information content (AvgIpc) is 2.26. The zero-order valence-electron chi connectivity index (χ0n) is 8.28. The molecular weight excluding hydrogens is 298 g/mol. The molecule has 1 aromatic carbocycles. The van der Waals surface area contributed by atoms with Crippen LogP contribution in [-0.2, 0) is 6.18 Å². The van der Waals surface area contributed by atoms with E-state index in [2.05, 4.69) is 21.0 Å². The minimum atomic E-state index is -4.51. The van der Waals surface area contributed by atoms with Crippen molar-refractivity contribution in [3.05, 3.63) is 41.6 Å². The summed E-state index contributed by atoms with van der Waals surface area (Å²) in [4.78, 5) is 15.0. The molecule has 17 heavy (non-hydrogen) atoms. The third-order valence-electron chi connectivity index (χ3n) is 2.23. The quantitative estimate of drug-likeness (QED) is 0.758. The zero-order valence-corrected chi connectivity index (χ0v) is 10.00. The molecule has 0 spiro atoms. The molecule has 0 aliphatic heterocycles. The van der Waals surface area contributed by atoms with Crippen molar-refractivity contribution in [2.75, 3.05) is 0 Å². The summed E-state index contributed by atoms with van der Waals surface area (Å²) in [6.07, 6.45) is -4.51. The molecule has 0 aliphatic rings. The van der Waals surface area contributed by atoms with Crippen LogP contribution in [-0.4, -0.2) is 25.7 Å². The molecule has 87 valence electrons. The molecule has 0 atom stereocenters. The number of benzene rings is 1. The van der Waals surface area contributed by atoms with Crippen molar-refractivity contribution in [2.24, 2.45) is 0 Å². The fourth-order valence-electron chi connectivity index (χ4n) is 1.51. The summed E-state index contributed by atoms with van der Waals surface area (Å²) in [7, 11) is 0. The molecule has 0 bridgehead atoms. The van der Waals surface area contributed by atoms with E-state index in [0.717, 1.165) is 6.07 Å². The summed E-state index contributed by atoms with van der Waals surface area (Å²) in [6, 6.07) is 6.61. The number of aromatic nitrogens is 1. The number of hydrogen-bond acceptors (Lipinski definition) is 2. The van der Waals surface area contributed by atoms with Crippen LogP contribution in [0.15, 0.2) is 30.3 Å². The van der Waals surface area contributed by atoms with E-state index in [1.54, 1.807) is 6.07 Å². The van der Waals surface area contributed by atoms with Crippen LogP contribution < -0.4 is 0 Å². The monoisotopic (exact) mass is 304 g/mol. The Morgan fingerprint density at radius 1 is 1.24 bits per heavy atom. The second kappa shape index (κ2) is 4.13. The molecule has 1 aromatic heterocycles. The molecule has 2 rings (SSSR count). The Labute approximate surface area is 103 Å². The fourth-order valence-corrected chi connectivity index (χ4v) is 1.73. The van der Waals surface area contributed by atoms with Crippen LogP contribution in [0, 0.1) is 0 Å². The van der Waals surface area contributed by atoms with Gasteiger partial charge >= 0.3 is 102 Å². The molecule has 0 unspecified atom stereocenters. The average molecular weight is 303 g/mol. The zero-order chi connectivity index (χ0) is 12.6. The maximum absolute atomic E-state index is 12.8. The van der Waals surface area contributed by atoms with Crippen molar-refractivity contribution >= 4 is 31.6 Å². The fraction of sp³-hybridized carbons (Fsp3) is 0.0909. The van der Waals surface area contributed by atoms with E-state index >= 15 is 0 Å². The van der Waals surface area contributed by atoms with Gasteiger partial charge in [-0.1, -0.05) is 0 Å². The Morgan fingerprint density at radius 2 is 1.88 bits per heavy atom. The number of fused-ring (bicyclic) bond motifs is 1. The molecule has 0 saturated heterocycles. The molecule has 0 amide bonds. The minimum absolute atomic E-state index is 0.00926. The predicted octanol–water partition coefficient (Wildman–Crippen LogP) is 2.56. The van der Waals surface area contributed by atoms with Gasteiger partial charge in [-0.05, 0) is 0 Å². The molecule has 0 aliphatic carbocycles. The SMILES string of the molecule is O=C([Se])c1cc(C(F)(F)F)c2ccccc2n1. The van der Waals surface area contributed by atoms with Gasteiger partial charge in [0.05, 0.1) is 0 Å². The Balaban J connectivity index is 2.83. The predicted molar refractivity (Wildman–Crippen MR) is 56.8 cm³/mol. The van der Waals surface area contributed by atoms with Crippen LogP contribution in [0.2, 0.25) is 0 Å². The van der Waals surface area contributed by atoms with Crippen LogP contribution >= 0.6 is 0 Å². The van der Waals surface area contributed by atoms with E-state index in [1.807, 2.05) is 0 Å². The van der Waals surface area contributed by atoms with Crippen molar-refractivity contribution in [2.45, 2.75) is 6.18 Å². The van der Waals surface area contributed by atoms with Crippen molar-refractivity contribution in [3.8, 4) is 0 Å². The number of para-hydroxylation sites is 1. The Morgan fingerprint density at radius 3 is 2.47 bits per heavy atom. The summed E-state index contributed by atoms with van der Waals surface area (Å²) in [5, 5.41) is -0.00926. The third-order valence-corrected chi connectivity index (χ3v) is 2.67. The first-order valence-electron chi connectivity index (χ1n) is 4.58. The van der Waals surface area contributed by atoms with Gasteiger partial charge in [-0.25, -0.2) is 0 Å². The van der Waals surface area contributed by atoms with E-state index < -0.39 is 16.4 Å². The second-order valence-corrected chi connectivity index (χ2v) is 4.14. The number of rotatable bonds is 1. The van der Waals surface area contributed by atoms with Crippen LogP contribution in [0.3, 0.4) is 0 Å². The first-order chi connectivity index (χ1) is 7.89. The van der Waals surface area contributed by atoms with E-state index in [4.69, 9.17) is 0 Å². The van der Waals surface area contributed by atoms with Gasteiger partial charge in [0.25, 0.3) is 0 Å². The third kappa shape index (κ3) is 2.32. The number of nitrogens with zero attached hydrogens (tertiary/aromatic N) is 1. The molecule has 2 aromatic rings. The topological polar surface area (TPSA) is 30.0 Å². The van der Waals surface area contributed by atoms with E-state index in [0.29, 0.717) is 0 Å². The number of alkyl halides is 3. The molecule has 0 saturated carbocycles. The van der Waals surface area contributed by atoms with Crippen LogP contribution in [0.4, 0.5) is 13.2 Å². The summed E-state index contributed by atoms with van der Waals surface area (Å²) >= 11 is 2.13. The van der Waals surface area contributed by atoms with Crippen LogP contribution in [0.1, 0.15) is 16.1 Å². The first kappa shape index (κ1) is 12.1. The van der Waals surface area contributed by atoms with Gasteiger partial charge in [0.2, 0.25) is 0 Å². The van der Waals surface area contributed by atoms with Crippen LogP contribution in [0.5, 0.6) is 0 Å². The summed E-state index contributed by atoms with van der Waals surface area (Å²) in [5.41, 5.74) is -0.918. The number of hydrogen-bond donors (Lipinski definition) is 0. The van der Waals surface area contributed by atoms with Gasteiger partial charge in [0.15, 0.2) is 0 Å². The van der Waals surface area contributed by atoms with Crippen molar-refractivity contribution in [3.63, 3.8) is 0 Å². The number of pyridine rings is 1. The van der Waals surface area contributed by atoms with E-state index in [1.165, 1.54) is 18.2 Å². The molecule has 2 nitrogen and oxygen atoms in total. The summed E-state index contributed by atoms with van der Waals surface area (Å²) in [6.45, 7) is 0. The Bertz CT molecular complexity index is 595. The molecule has 0 N–H and O–H groups in total. The van der Waals surface area contributed by atoms with Gasteiger partial charge in [-0.3, -0.25) is 0 Å². The molecule has 1 heterocycles. The molecule has 1 radical (unpaired) electrons. The van der Waals surface area contributed by atoms with E-state index in [9.17, 15) is 18.0 Å². The Kier molecular flexibility index (Phi) is 2.93. The van der Waals surface area contributed by atoms with Crippen molar-refractivity contribution in [1.29, 1.82) is 0 Å². The van der Waals surface area contributed by atoms with E-state index in [-0.39, 0.29) is 16.6 Å². The van der Waals surface area contributed by atoms with Crippen molar-refractivity contribution in [1.82, 2.24) is 4.98 Å². The normalized spacial score (nSPS) is 11.7. The van der Waals surface area contributed by atoms with Crippen LogP contribution in [0.25, 0.3) is 10.9 Å².